The van der Waals surface area contributed by atoms with Crippen LogP contribution in [0.5, 0.6) is 11.5 Å². The van der Waals surface area contributed by atoms with Crippen molar-refractivity contribution < 1.29 is 24.2 Å². The van der Waals surface area contributed by atoms with Crippen LogP contribution in [0, 0.1) is 0 Å². The molecule has 1 fully saturated rings. The van der Waals surface area contributed by atoms with Crippen LogP contribution in [0.3, 0.4) is 0 Å². The number of urea groups is 1. The van der Waals surface area contributed by atoms with Crippen LogP contribution in [0.4, 0.5) is 4.79 Å². The van der Waals surface area contributed by atoms with Gasteiger partial charge < -0.3 is 9.84 Å². The second kappa shape index (κ2) is 8.14. The number of benzene rings is 2. The quantitative estimate of drug-likeness (QED) is 0.594. The number of phenols is 1. The van der Waals surface area contributed by atoms with Crippen LogP contribution in [0.1, 0.15) is 11.1 Å². The van der Waals surface area contributed by atoms with Crippen LogP contribution in [0.2, 0.25) is 5.02 Å². The van der Waals surface area contributed by atoms with Gasteiger partial charge in [0.05, 0.1) is 12.1 Å². The fourth-order valence-corrected chi connectivity index (χ4v) is 3.00. The Morgan fingerprint density at radius 1 is 1.18 bits per heavy atom. The molecular formula is C20H17ClN2O5. The number of methoxy groups -OCH3 is 1. The number of imide groups is 2. The van der Waals surface area contributed by atoms with Gasteiger partial charge in [0.25, 0.3) is 11.8 Å². The predicted molar refractivity (Wildman–Crippen MR) is 103 cm³/mol. The zero-order valence-electron chi connectivity index (χ0n) is 14.9. The van der Waals surface area contributed by atoms with Crippen molar-refractivity contribution in [1.29, 1.82) is 0 Å². The topological polar surface area (TPSA) is 95.9 Å². The molecule has 7 nitrogen and oxygen atoms in total. The summed E-state index contributed by atoms with van der Waals surface area (Å²) >= 11 is 5.95. The first kappa shape index (κ1) is 19.4. The Morgan fingerprint density at radius 2 is 1.89 bits per heavy atom. The molecule has 1 saturated heterocycles. The van der Waals surface area contributed by atoms with Crippen molar-refractivity contribution in [3.05, 3.63) is 64.2 Å². The van der Waals surface area contributed by atoms with E-state index in [1.807, 2.05) is 30.3 Å². The Morgan fingerprint density at radius 3 is 2.57 bits per heavy atom. The van der Waals surface area contributed by atoms with Gasteiger partial charge in [0.1, 0.15) is 5.57 Å². The molecule has 0 aliphatic carbocycles. The highest BCUT2D eigenvalue weighted by Crippen LogP contribution is 2.35. The van der Waals surface area contributed by atoms with Crippen LogP contribution < -0.4 is 10.1 Å². The van der Waals surface area contributed by atoms with E-state index in [0.717, 1.165) is 10.5 Å². The highest BCUT2D eigenvalue weighted by Gasteiger charge is 2.35. The van der Waals surface area contributed by atoms with E-state index in [4.69, 9.17) is 16.3 Å². The van der Waals surface area contributed by atoms with Gasteiger partial charge in [0.2, 0.25) is 0 Å². The van der Waals surface area contributed by atoms with Crippen molar-refractivity contribution in [3.63, 3.8) is 0 Å². The molecule has 1 aliphatic heterocycles. The molecule has 0 unspecified atom stereocenters. The molecule has 2 N–H and O–H groups in total. The van der Waals surface area contributed by atoms with E-state index in [1.165, 1.54) is 25.3 Å². The molecule has 1 heterocycles. The number of rotatable bonds is 5. The third kappa shape index (κ3) is 3.99. The maximum atomic E-state index is 12.7. The molecule has 0 saturated carbocycles. The molecule has 144 valence electrons. The van der Waals surface area contributed by atoms with E-state index in [2.05, 4.69) is 5.32 Å². The van der Waals surface area contributed by atoms with E-state index in [-0.39, 0.29) is 28.6 Å². The van der Waals surface area contributed by atoms with Gasteiger partial charge >= 0.3 is 6.03 Å². The molecular weight excluding hydrogens is 384 g/mol. The summed E-state index contributed by atoms with van der Waals surface area (Å²) in [6, 6.07) is 11.4. The fraction of sp³-hybridized carbons (Fsp3) is 0.150. The van der Waals surface area contributed by atoms with Crippen molar-refractivity contribution in [2.45, 2.75) is 6.42 Å². The number of amides is 4. The second-order valence-corrected chi connectivity index (χ2v) is 6.47. The summed E-state index contributed by atoms with van der Waals surface area (Å²) in [6.07, 6.45) is 1.76. The van der Waals surface area contributed by atoms with Crippen LogP contribution in [-0.2, 0) is 16.0 Å². The average molecular weight is 401 g/mol. The van der Waals surface area contributed by atoms with Crippen molar-refractivity contribution >= 4 is 35.5 Å². The molecule has 0 atom stereocenters. The van der Waals surface area contributed by atoms with Crippen LogP contribution in [0.25, 0.3) is 6.08 Å². The average Bonchev–Trinajstić information content (AvgIpc) is 2.68. The summed E-state index contributed by atoms with van der Waals surface area (Å²) in [7, 11) is 1.35. The molecule has 4 amide bonds. The lowest BCUT2D eigenvalue weighted by Crippen LogP contribution is -2.54. The van der Waals surface area contributed by atoms with E-state index in [1.54, 1.807) is 0 Å². The molecule has 1 aliphatic rings. The van der Waals surface area contributed by atoms with Gasteiger partial charge in [-0.1, -0.05) is 41.9 Å². The molecule has 28 heavy (non-hydrogen) atoms. The van der Waals surface area contributed by atoms with Gasteiger partial charge in [0.15, 0.2) is 11.5 Å². The summed E-state index contributed by atoms with van der Waals surface area (Å²) < 4.78 is 5.02. The van der Waals surface area contributed by atoms with Crippen molar-refractivity contribution in [2.24, 2.45) is 0 Å². The number of halogens is 1. The number of aromatic hydroxyl groups is 1. The number of phenolic OH excluding ortho intramolecular Hbond substituents is 1. The number of barbiturate groups is 1. The largest absolute Gasteiger partial charge is 0.503 e. The molecule has 3 rings (SSSR count). The van der Waals surface area contributed by atoms with Crippen molar-refractivity contribution in [1.82, 2.24) is 10.2 Å². The summed E-state index contributed by atoms with van der Waals surface area (Å²) in [4.78, 5) is 38.0. The zero-order valence-corrected chi connectivity index (χ0v) is 15.7. The smallest absolute Gasteiger partial charge is 0.331 e. The first-order valence-electron chi connectivity index (χ1n) is 8.40. The molecule has 8 heteroatoms. The van der Waals surface area contributed by atoms with E-state index >= 15 is 0 Å². The first-order valence-corrected chi connectivity index (χ1v) is 8.78. The van der Waals surface area contributed by atoms with E-state index in [9.17, 15) is 19.5 Å². The highest BCUT2D eigenvalue weighted by molar-refractivity contribution is 6.33. The standard InChI is InChI=1S/C20H17ClN2O5/c1-28-16-11-13(10-15(21)17(16)24)9-14-18(25)22-20(27)23(19(14)26)8-7-12-5-3-2-4-6-12/h2-6,9-11,24H,7-8H2,1H3,(H,22,25,27). The molecule has 2 aromatic rings. The summed E-state index contributed by atoms with van der Waals surface area (Å²) in [5.41, 5.74) is 1.12. The van der Waals surface area contributed by atoms with Gasteiger partial charge in [-0.15, -0.1) is 0 Å². The Hall–Kier alpha value is -3.32. The Kier molecular flexibility index (Phi) is 5.65. The van der Waals surface area contributed by atoms with Gasteiger partial charge in [-0.05, 0) is 35.8 Å². The lowest BCUT2D eigenvalue weighted by molar-refractivity contribution is -0.130. The van der Waals surface area contributed by atoms with Gasteiger partial charge in [-0.2, -0.15) is 0 Å². The number of nitrogens with one attached hydrogen (secondary N) is 1. The van der Waals surface area contributed by atoms with Crippen LogP contribution in [-0.4, -0.2) is 41.5 Å². The highest BCUT2D eigenvalue weighted by atomic mass is 35.5. The lowest BCUT2D eigenvalue weighted by Gasteiger charge is -2.26. The zero-order chi connectivity index (χ0) is 20.3. The summed E-state index contributed by atoms with van der Waals surface area (Å²) in [5, 5.41) is 12.0. The minimum absolute atomic E-state index is 0.00637. The Labute approximate surface area is 166 Å². The lowest BCUT2D eigenvalue weighted by atomic mass is 10.1. The number of ether oxygens (including phenoxy) is 1. The molecule has 0 radical (unpaired) electrons. The third-order valence-electron chi connectivity index (χ3n) is 4.23. The third-order valence-corrected chi connectivity index (χ3v) is 4.52. The number of carbonyl (C=O) groups excluding carboxylic acids is 3. The SMILES string of the molecule is COc1cc(C=C2C(=O)NC(=O)N(CCc3ccccc3)C2=O)cc(Cl)c1O. The number of hydrogen-bond acceptors (Lipinski definition) is 5. The fourth-order valence-electron chi connectivity index (χ4n) is 2.78. The maximum Gasteiger partial charge on any atom is 0.331 e. The Bertz CT molecular complexity index is 972. The van der Waals surface area contributed by atoms with Gasteiger partial charge in [-0.3, -0.25) is 19.8 Å². The number of nitrogens with zero attached hydrogens (tertiary/aromatic N) is 1. The second-order valence-electron chi connectivity index (χ2n) is 6.06. The van der Waals surface area contributed by atoms with Crippen LogP contribution >= 0.6 is 11.6 Å². The minimum atomic E-state index is -0.797. The number of hydrogen-bond donors (Lipinski definition) is 2. The van der Waals surface area contributed by atoms with E-state index < -0.39 is 17.8 Å². The minimum Gasteiger partial charge on any atom is -0.503 e. The monoisotopic (exact) mass is 400 g/mol. The van der Waals surface area contributed by atoms with E-state index in [0.29, 0.717) is 12.0 Å². The van der Waals surface area contributed by atoms with Crippen molar-refractivity contribution in [3.8, 4) is 11.5 Å². The Balaban J connectivity index is 1.87. The molecule has 0 bridgehead atoms. The summed E-state index contributed by atoms with van der Waals surface area (Å²) in [6.45, 7) is 0.124. The van der Waals surface area contributed by atoms with Crippen LogP contribution in [0.15, 0.2) is 48.0 Å². The molecule has 0 spiro atoms. The number of carbonyl (C=O) groups is 3. The van der Waals surface area contributed by atoms with Gasteiger partial charge in [0, 0.05) is 6.54 Å². The maximum absolute atomic E-state index is 12.7. The predicted octanol–water partition coefficient (Wildman–Crippen LogP) is 2.76. The normalized spacial score (nSPS) is 15.7. The van der Waals surface area contributed by atoms with Gasteiger partial charge in [-0.25, -0.2) is 4.79 Å². The van der Waals surface area contributed by atoms with Crippen molar-refractivity contribution in [2.75, 3.05) is 13.7 Å². The first-order chi connectivity index (χ1) is 13.4. The summed E-state index contributed by atoms with van der Waals surface area (Å²) in [5.74, 6) is -1.65. The molecule has 2 aromatic carbocycles. The molecule has 0 aromatic heterocycles.